The van der Waals surface area contributed by atoms with Crippen LogP contribution >= 0.6 is 0 Å². The van der Waals surface area contributed by atoms with Gasteiger partial charge in [-0.3, -0.25) is 14.6 Å². The fourth-order valence-corrected chi connectivity index (χ4v) is 3.60. The maximum absolute atomic E-state index is 13.0. The van der Waals surface area contributed by atoms with E-state index in [0.717, 1.165) is 25.7 Å². The number of nitrogens with zero attached hydrogens (tertiary/aromatic N) is 3. The third-order valence-corrected chi connectivity index (χ3v) is 5.07. The number of nitrogens with one attached hydrogen (secondary N) is 2. The van der Waals surface area contributed by atoms with Crippen molar-refractivity contribution < 1.29 is 14.1 Å². The molecule has 0 unspecified atom stereocenters. The summed E-state index contributed by atoms with van der Waals surface area (Å²) in [5.74, 6) is 0.458. The summed E-state index contributed by atoms with van der Waals surface area (Å²) in [6, 6.07) is 10.2. The van der Waals surface area contributed by atoms with Crippen LogP contribution in [-0.4, -0.2) is 26.9 Å². The minimum Gasteiger partial charge on any atom is -0.340 e. The minimum atomic E-state index is -0.621. The van der Waals surface area contributed by atoms with Gasteiger partial charge in [-0.2, -0.15) is 4.98 Å². The number of pyridine rings is 1. The normalized spacial score (nSPS) is 15.1. The van der Waals surface area contributed by atoms with E-state index >= 15 is 0 Å². The van der Waals surface area contributed by atoms with Crippen molar-refractivity contribution in [1.29, 1.82) is 0 Å². The Morgan fingerprint density at radius 2 is 1.86 bits per heavy atom. The number of hydrogen-bond donors (Lipinski definition) is 2. The largest absolute Gasteiger partial charge is 0.340 e. The number of anilines is 1. The van der Waals surface area contributed by atoms with E-state index in [0.29, 0.717) is 28.5 Å². The standard InChI is InChI=1S/C21H21N5O3/c1-14-23-20(26-29-14)21(9-2-3-10-21)25-19(28)15-6-4-8-17(12-15)24-18(27)16-7-5-11-22-13-16/h4-8,11-13H,2-3,9-10H2,1H3,(H,24,27)(H,25,28). The molecule has 1 aliphatic rings. The molecule has 0 aliphatic heterocycles. The zero-order chi connectivity index (χ0) is 20.3. The molecule has 0 saturated heterocycles. The highest BCUT2D eigenvalue weighted by Crippen LogP contribution is 2.37. The molecule has 29 heavy (non-hydrogen) atoms. The first-order chi connectivity index (χ1) is 14.1. The molecule has 4 rings (SSSR count). The van der Waals surface area contributed by atoms with Gasteiger partial charge in [0.15, 0.2) is 5.82 Å². The van der Waals surface area contributed by atoms with E-state index in [-0.39, 0.29) is 11.8 Å². The van der Waals surface area contributed by atoms with Crippen LogP contribution in [0.1, 0.15) is 58.1 Å². The molecule has 1 fully saturated rings. The van der Waals surface area contributed by atoms with Gasteiger partial charge >= 0.3 is 0 Å². The van der Waals surface area contributed by atoms with Crippen LogP contribution in [0.5, 0.6) is 0 Å². The van der Waals surface area contributed by atoms with E-state index < -0.39 is 5.54 Å². The number of carbonyl (C=O) groups excluding carboxylic acids is 2. The third kappa shape index (κ3) is 4.01. The number of benzene rings is 1. The molecular weight excluding hydrogens is 370 g/mol. The van der Waals surface area contributed by atoms with Crippen LogP contribution < -0.4 is 10.6 Å². The summed E-state index contributed by atoms with van der Waals surface area (Å²) in [4.78, 5) is 33.6. The van der Waals surface area contributed by atoms with Crippen LogP contribution in [0.15, 0.2) is 53.3 Å². The molecule has 2 amide bonds. The second kappa shape index (κ2) is 7.83. The van der Waals surface area contributed by atoms with Crippen molar-refractivity contribution in [3.05, 3.63) is 71.6 Å². The van der Waals surface area contributed by atoms with Crippen LogP contribution in [0.4, 0.5) is 5.69 Å². The topological polar surface area (TPSA) is 110 Å². The molecule has 0 spiro atoms. The Morgan fingerprint density at radius 1 is 1.07 bits per heavy atom. The molecule has 0 bridgehead atoms. The molecule has 1 aromatic carbocycles. The lowest BCUT2D eigenvalue weighted by Gasteiger charge is -2.26. The molecule has 3 aromatic rings. The first-order valence-electron chi connectivity index (χ1n) is 9.50. The Balaban J connectivity index is 1.52. The third-order valence-electron chi connectivity index (χ3n) is 5.07. The number of rotatable bonds is 5. The van der Waals surface area contributed by atoms with Gasteiger partial charge in [0.2, 0.25) is 5.89 Å². The van der Waals surface area contributed by atoms with Gasteiger partial charge in [0.05, 0.1) is 5.56 Å². The predicted molar refractivity (Wildman–Crippen MR) is 105 cm³/mol. The molecule has 1 saturated carbocycles. The Hall–Kier alpha value is -3.55. The molecule has 8 nitrogen and oxygen atoms in total. The van der Waals surface area contributed by atoms with Gasteiger partial charge in [-0.1, -0.05) is 24.1 Å². The minimum absolute atomic E-state index is 0.244. The Kier molecular flexibility index (Phi) is 5.07. The molecular formula is C21H21N5O3. The van der Waals surface area contributed by atoms with E-state index in [9.17, 15) is 9.59 Å². The quantitative estimate of drug-likeness (QED) is 0.691. The number of hydrogen-bond acceptors (Lipinski definition) is 6. The van der Waals surface area contributed by atoms with Crippen molar-refractivity contribution >= 4 is 17.5 Å². The van der Waals surface area contributed by atoms with Crippen molar-refractivity contribution in [2.75, 3.05) is 5.32 Å². The van der Waals surface area contributed by atoms with Gasteiger partial charge in [0, 0.05) is 30.6 Å². The van der Waals surface area contributed by atoms with Crippen molar-refractivity contribution in [2.45, 2.75) is 38.1 Å². The SMILES string of the molecule is Cc1nc(C2(NC(=O)c3cccc(NC(=O)c4cccnc4)c3)CCCC2)no1. The highest BCUT2D eigenvalue weighted by Gasteiger charge is 2.41. The summed E-state index contributed by atoms with van der Waals surface area (Å²) < 4.78 is 5.13. The number of carbonyl (C=O) groups is 2. The van der Waals surface area contributed by atoms with Crippen LogP contribution in [-0.2, 0) is 5.54 Å². The van der Waals surface area contributed by atoms with E-state index in [2.05, 4.69) is 25.8 Å². The number of amides is 2. The van der Waals surface area contributed by atoms with Gasteiger partial charge in [-0.05, 0) is 43.2 Å². The Morgan fingerprint density at radius 3 is 2.55 bits per heavy atom. The average Bonchev–Trinajstić information content (AvgIpc) is 3.39. The number of aryl methyl sites for hydroxylation is 1. The predicted octanol–water partition coefficient (Wildman–Crippen LogP) is 3.22. The van der Waals surface area contributed by atoms with Crippen molar-refractivity contribution in [3.8, 4) is 0 Å². The summed E-state index contributed by atoms with van der Waals surface area (Å²) in [5.41, 5.74) is 0.798. The maximum Gasteiger partial charge on any atom is 0.257 e. The van der Waals surface area contributed by atoms with Gasteiger partial charge < -0.3 is 15.2 Å². The first-order valence-corrected chi connectivity index (χ1v) is 9.50. The van der Waals surface area contributed by atoms with Gasteiger partial charge in [0.25, 0.3) is 11.8 Å². The monoisotopic (exact) mass is 391 g/mol. The Labute approximate surface area is 167 Å². The summed E-state index contributed by atoms with van der Waals surface area (Å²) in [6.45, 7) is 1.73. The highest BCUT2D eigenvalue weighted by molar-refractivity contribution is 6.05. The zero-order valence-corrected chi connectivity index (χ0v) is 16.0. The summed E-state index contributed by atoms with van der Waals surface area (Å²) in [5, 5.41) is 9.94. The highest BCUT2D eigenvalue weighted by atomic mass is 16.5. The lowest BCUT2D eigenvalue weighted by molar-refractivity contribution is 0.0891. The van der Waals surface area contributed by atoms with Gasteiger partial charge in [0.1, 0.15) is 5.54 Å². The second-order valence-corrected chi connectivity index (χ2v) is 7.16. The molecule has 2 heterocycles. The number of aromatic nitrogens is 3. The lowest BCUT2D eigenvalue weighted by Crippen LogP contribution is -2.44. The fraction of sp³-hybridized carbons (Fsp3) is 0.286. The van der Waals surface area contributed by atoms with E-state index in [4.69, 9.17) is 4.52 Å². The van der Waals surface area contributed by atoms with E-state index in [1.807, 2.05) is 0 Å². The average molecular weight is 391 g/mol. The molecule has 1 aliphatic carbocycles. The molecule has 148 valence electrons. The maximum atomic E-state index is 13.0. The molecule has 2 aromatic heterocycles. The second-order valence-electron chi connectivity index (χ2n) is 7.16. The first kappa shape index (κ1) is 18.8. The van der Waals surface area contributed by atoms with Crippen molar-refractivity contribution in [2.24, 2.45) is 0 Å². The van der Waals surface area contributed by atoms with Crippen molar-refractivity contribution in [3.63, 3.8) is 0 Å². The molecule has 8 heteroatoms. The van der Waals surface area contributed by atoms with Crippen LogP contribution in [0.3, 0.4) is 0 Å². The van der Waals surface area contributed by atoms with Gasteiger partial charge in [-0.15, -0.1) is 0 Å². The van der Waals surface area contributed by atoms with Crippen LogP contribution in [0.2, 0.25) is 0 Å². The molecule has 0 radical (unpaired) electrons. The van der Waals surface area contributed by atoms with E-state index in [1.165, 1.54) is 6.20 Å². The molecule has 2 N–H and O–H groups in total. The van der Waals surface area contributed by atoms with Crippen molar-refractivity contribution in [1.82, 2.24) is 20.4 Å². The molecule has 0 atom stereocenters. The zero-order valence-electron chi connectivity index (χ0n) is 16.0. The van der Waals surface area contributed by atoms with Crippen LogP contribution in [0, 0.1) is 6.92 Å². The summed E-state index contributed by atoms with van der Waals surface area (Å²) in [7, 11) is 0. The fourth-order valence-electron chi connectivity index (χ4n) is 3.60. The smallest absolute Gasteiger partial charge is 0.257 e. The summed E-state index contributed by atoms with van der Waals surface area (Å²) in [6.07, 6.45) is 6.57. The van der Waals surface area contributed by atoms with E-state index in [1.54, 1.807) is 49.5 Å². The van der Waals surface area contributed by atoms with Gasteiger partial charge in [-0.25, -0.2) is 0 Å². The lowest BCUT2D eigenvalue weighted by atomic mass is 9.95. The summed E-state index contributed by atoms with van der Waals surface area (Å²) >= 11 is 0. The Bertz CT molecular complexity index is 1030. The van der Waals surface area contributed by atoms with Crippen LogP contribution in [0.25, 0.3) is 0 Å².